The van der Waals surface area contributed by atoms with Gasteiger partial charge in [-0.3, -0.25) is 0 Å². The maximum atomic E-state index is 14.7. The summed E-state index contributed by atoms with van der Waals surface area (Å²) in [6, 6.07) is 0. The Morgan fingerprint density at radius 2 is 1.96 bits per heavy atom. The molecule has 3 aliphatic rings. The van der Waals surface area contributed by atoms with Crippen LogP contribution in [0.4, 0.5) is 4.39 Å². The molecule has 0 bridgehead atoms. The zero-order chi connectivity index (χ0) is 19.3. The quantitative estimate of drug-likeness (QED) is 0.523. The largest absolute Gasteiger partial charge is 0.386 e. The van der Waals surface area contributed by atoms with E-state index in [1.807, 2.05) is 13.0 Å². The molecule has 0 amide bonds. The van der Waals surface area contributed by atoms with Gasteiger partial charge in [0.05, 0.1) is 17.8 Å². The lowest BCUT2D eigenvalue weighted by Crippen LogP contribution is -2.37. The predicted molar refractivity (Wildman–Crippen MR) is 113 cm³/mol. The first-order valence-corrected chi connectivity index (χ1v) is 12.6. The van der Waals surface area contributed by atoms with Gasteiger partial charge in [-0.15, -0.1) is 23.5 Å². The Bertz CT molecular complexity index is 488. The number of hydrogen-bond acceptors (Lipinski definition) is 5. The summed E-state index contributed by atoms with van der Waals surface area (Å²) in [5, 5.41) is 10.4. The second kappa shape index (κ2) is 9.84. The predicted octanol–water partition coefficient (Wildman–Crippen LogP) is 5.18. The van der Waals surface area contributed by atoms with Crippen LogP contribution in [-0.2, 0) is 9.47 Å². The van der Waals surface area contributed by atoms with E-state index in [1.165, 1.54) is 24.9 Å². The number of rotatable bonds is 9. The Kier molecular flexibility index (Phi) is 7.99. The fourth-order valence-corrected chi connectivity index (χ4v) is 7.45. The van der Waals surface area contributed by atoms with E-state index < -0.39 is 17.6 Å². The molecule has 0 aromatic rings. The molecule has 1 aliphatic carbocycles. The second-order valence-electron chi connectivity index (χ2n) is 8.28. The van der Waals surface area contributed by atoms with Gasteiger partial charge in [0.25, 0.3) is 0 Å². The summed E-state index contributed by atoms with van der Waals surface area (Å²) in [6.45, 7) is 4.90. The first kappa shape index (κ1) is 21.9. The van der Waals surface area contributed by atoms with Crippen LogP contribution in [0.15, 0.2) is 12.2 Å². The smallest absolute Gasteiger partial charge is 0.171 e. The molecule has 2 saturated heterocycles. The van der Waals surface area contributed by atoms with E-state index in [0.717, 1.165) is 32.1 Å². The molecule has 27 heavy (non-hydrogen) atoms. The topological polar surface area (TPSA) is 38.7 Å². The highest BCUT2D eigenvalue weighted by Gasteiger charge is 2.51. The molecular formula is C21H35FO3S2. The highest BCUT2D eigenvalue weighted by molar-refractivity contribution is 8.20. The fraction of sp³-hybridized carbons (Fsp3) is 0.905. The maximum Gasteiger partial charge on any atom is 0.171 e. The lowest BCUT2D eigenvalue weighted by atomic mass is 9.87. The van der Waals surface area contributed by atoms with Crippen molar-refractivity contribution in [1.82, 2.24) is 0 Å². The third kappa shape index (κ3) is 5.44. The molecule has 0 aromatic heterocycles. The van der Waals surface area contributed by atoms with Crippen LogP contribution in [-0.4, -0.2) is 52.0 Å². The van der Waals surface area contributed by atoms with Crippen LogP contribution in [0.5, 0.6) is 0 Å². The number of unbranched alkanes of at least 4 members (excludes halogenated alkanes) is 1. The van der Waals surface area contributed by atoms with E-state index in [0.29, 0.717) is 30.1 Å². The Labute approximate surface area is 172 Å². The summed E-state index contributed by atoms with van der Waals surface area (Å²) in [5.41, 5.74) is -1.56. The summed E-state index contributed by atoms with van der Waals surface area (Å²) in [6.07, 6.45) is 8.95. The molecule has 2 aliphatic heterocycles. The van der Waals surface area contributed by atoms with Crippen molar-refractivity contribution >= 4 is 23.5 Å². The van der Waals surface area contributed by atoms with Gasteiger partial charge in [0, 0.05) is 23.8 Å². The molecule has 156 valence electrons. The van der Waals surface area contributed by atoms with E-state index in [1.54, 1.807) is 6.08 Å². The molecule has 3 nitrogen and oxygen atoms in total. The molecule has 1 spiro atoms. The number of ether oxygens (including phenoxy) is 2. The van der Waals surface area contributed by atoms with E-state index in [9.17, 15) is 9.50 Å². The number of thioether (sulfide) groups is 2. The highest BCUT2D eigenvalue weighted by atomic mass is 32.2. The molecule has 4 atom stereocenters. The molecule has 0 radical (unpaired) electrons. The second-order valence-corrected chi connectivity index (χ2v) is 11.2. The molecule has 2 heterocycles. The summed E-state index contributed by atoms with van der Waals surface area (Å²) in [5.74, 6) is 2.64. The molecule has 1 N–H and O–H groups in total. The zero-order valence-electron chi connectivity index (χ0n) is 16.7. The van der Waals surface area contributed by atoms with E-state index in [2.05, 4.69) is 23.5 Å². The van der Waals surface area contributed by atoms with Gasteiger partial charge in [-0.1, -0.05) is 31.9 Å². The van der Waals surface area contributed by atoms with Gasteiger partial charge in [-0.25, -0.2) is 4.39 Å². The summed E-state index contributed by atoms with van der Waals surface area (Å²) in [7, 11) is 0. The monoisotopic (exact) mass is 418 g/mol. The van der Waals surface area contributed by atoms with E-state index in [4.69, 9.17) is 9.47 Å². The molecule has 4 unspecified atom stereocenters. The summed E-state index contributed by atoms with van der Waals surface area (Å²) >= 11 is 4.12. The van der Waals surface area contributed by atoms with Gasteiger partial charge in [-0.2, -0.15) is 0 Å². The average molecular weight is 419 g/mol. The zero-order valence-corrected chi connectivity index (χ0v) is 18.3. The Morgan fingerprint density at radius 1 is 1.26 bits per heavy atom. The van der Waals surface area contributed by atoms with Crippen LogP contribution in [0.1, 0.15) is 58.8 Å². The highest BCUT2D eigenvalue weighted by Crippen LogP contribution is 2.50. The third-order valence-corrected chi connectivity index (χ3v) is 9.43. The fourth-order valence-electron chi connectivity index (χ4n) is 4.58. The molecule has 1 saturated carbocycles. The first-order valence-electron chi connectivity index (χ1n) is 10.5. The van der Waals surface area contributed by atoms with Crippen molar-refractivity contribution in [3.63, 3.8) is 0 Å². The van der Waals surface area contributed by atoms with Crippen molar-refractivity contribution in [3.8, 4) is 0 Å². The average Bonchev–Trinajstić information content (AvgIpc) is 3.39. The first-order chi connectivity index (χ1) is 13.0. The van der Waals surface area contributed by atoms with Crippen LogP contribution < -0.4 is 0 Å². The van der Waals surface area contributed by atoms with Crippen LogP contribution in [0, 0.1) is 11.8 Å². The van der Waals surface area contributed by atoms with Gasteiger partial charge in [-0.05, 0) is 38.5 Å². The number of hydrogen-bond donors (Lipinski definition) is 1. The Hall–Kier alpha value is 0.250. The third-order valence-electron chi connectivity index (χ3n) is 6.26. The van der Waals surface area contributed by atoms with Gasteiger partial charge in [0.15, 0.2) is 5.79 Å². The normalized spacial score (nSPS) is 31.9. The molecular weight excluding hydrogens is 383 g/mol. The standard InChI is InChI=1S/C21H35FO3S2/c1-3-4-10-20(2,22)18(23)7-5-16-9-11-21(24-12-13-25-21)17(16)6-8-19-26-14-15-27-19/h5,7,16-19,23H,3-4,6,8-15H2,1-2H3/b7-5+. The molecule has 3 fully saturated rings. The number of alkyl halides is 1. The lowest BCUT2D eigenvalue weighted by Gasteiger charge is -2.32. The van der Waals surface area contributed by atoms with Crippen molar-refractivity contribution in [2.45, 2.75) is 80.9 Å². The van der Waals surface area contributed by atoms with Gasteiger partial charge >= 0.3 is 0 Å². The van der Waals surface area contributed by atoms with Crippen molar-refractivity contribution in [3.05, 3.63) is 12.2 Å². The Morgan fingerprint density at radius 3 is 2.63 bits per heavy atom. The van der Waals surface area contributed by atoms with Crippen LogP contribution >= 0.6 is 23.5 Å². The van der Waals surface area contributed by atoms with Crippen molar-refractivity contribution in [2.75, 3.05) is 24.7 Å². The van der Waals surface area contributed by atoms with Crippen LogP contribution in [0.2, 0.25) is 0 Å². The molecule has 6 heteroatoms. The molecule has 3 rings (SSSR count). The minimum absolute atomic E-state index is 0.288. The van der Waals surface area contributed by atoms with Gasteiger partial charge < -0.3 is 14.6 Å². The number of allylic oxidation sites excluding steroid dienone is 1. The lowest BCUT2D eigenvalue weighted by molar-refractivity contribution is -0.185. The van der Waals surface area contributed by atoms with Crippen molar-refractivity contribution in [1.29, 1.82) is 0 Å². The number of aliphatic hydroxyl groups excluding tert-OH is 1. The van der Waals surface area contributed by atoms with Gasteiger partial charge in [0.2, 0.25) is 0 Å². The SMILES string of the molecule is CCCCC(C)(F)C(O)/C=C/C1CCC2(OCCO2)C1CCC1SCCS1. The van der Waals surface area contributed by atoms with Gasteiger partial charge in [0.1, 0.15) is 11.8 Å². The molecule has 0 aromatic carbocycles. The van der Waals surface area contributed by atoms with E-state index in [-0.39, 0.29) is 5.92 Å². The van der Waals surface area contributed by atoms with Crippen molar-refractivity contribution < 1.29 is 19.0 Å². The summed E-state index contributed by atoms with van der Waals surface area (Å²) < 4.78 is 27.6. The van der Waals surface area contributed by atoms with E-state index >= 15 is 0 Å². The number of aliphatic hydroxyl groups is 1. The minimum Gasteiger partial charge on any atom is -0.386 e. The Balaban J connectivity index is 1.63. The van der Waals surface area contributed by atoms with Crippen LogP contribution in [0.3, 0.4) is 0 Å². The maximum absolute atomic E-state index is 14.7. The minimum atomic E-state index is -1.56. The number of halogens is 1. The van der Waals surface area contributed by atoms with Crippen LogP contribution in [0.25, 0.3) is 0 Å². The summed E-state index contributed by atoms with van der Waals surface area (Å²) in [4.78, 5) is 0. The van der Waals surface area contributed by atoms with Crippen molar-refractivity contribution in [2.24, 2.45) is 11.8 Å².